The Morgan fingerprint density at radius 3 is 2.43 bits per heavy atom. The van der Waals surface area contributed by atoms with Gasteiger partial charge < -0.3 is 15.0 Å². The summed E-state index contributed by atoms with van der Waals surface area (Å²) in [7, 11) is 0. The maximum absolute atomic E-state index is 12.5. The molecule has 1 saturated carbocycles. The Balaban J connectivity index is 1.49. The molecule has 1 aliphatic carbocycles. The highest BCUT2D eigenvalue weighted by molar-refractivity contribution is 5.94. The van der Waals surface area contributed by atoms with E-state index in [1.165, 1.54) is 18.4 Å². The first kappa shape index (κ1) is 20.7. The maximum atomic E-state index is 12.5. The third-order valence-electron chi connectivity index (χ3n) is 5.67. The van der Waals surface area contributed by atoms with Crippen molar-refractivity contribution < 1.29 is 14.3 Å². The first-order valence-electron chi connectivity index (χ1n) is 10.7. The van der Waals surface area contributed by atoms with Gasteiger partial charge in [0, 0.05) is 24.7 Å². The molecule has 2 amide bonds. The van der Waals surface area contributed by atoms with Gasteiger partial charge in [0.15, 0.2) is 0 Å². The minimum Gasteiger partial charge on any atom is -0.444 e. The lowest BCUT2D eigenvalue weighted by Gasteiger charge is -2.33. The maximum Gasteiger partial charge on any atom is 0.410 e. The van der Waals surface area contributed by atoms with Crippen LogP contribution < -0.4 is 5.32 Å². The predicted molar refractivity (Wildman–Crippen MR) is 110 cm³/mol. The van der Waals surface area contributed by atoms with E-state index in [2.05, 4.69) is 11.4 Å². The summed E-state index contributed by atoms with van der Waals surface area (Å²) in [5, 5.41) is 3.17. The third kappa shape index (κ3) is 5.98. The second-order valence-corrected chi connectivity index (χ2v) is 9.27. The second kappa shape index (κ2) is 8.97. The molecule has 28 heavy (non-hydrogen) atoms. The van der Waals surface area contributed by atoms with Crippen LogP contribution in [0.2, 0.25) is 0 Å². The van der Waals surface area contributed by atoms with E-state index in [1.807, 2.05) is 43.9 Å². The number of hydrogen-bond donors (Lipinski definition) is 1. The van der Waals surface area contributed by atoms with Crippen LogP contribution in [0.5, 0.6) is 0 Å². The molecule has 154 valence electrons. The van der Waals surface area contributed by atoms with Gasteiger partial charge in [-0.05, 0) is 76.5 Å². The molecule has 1 saturated heterocycles. The molecular formula is C23H34N2O3. The number of piperidine rings is 1. The zero-order valence-electron chi connectivity index (χ0n) is 17.5. The molecule has 0 aromatic heterocycles. The number of carbonyl (C=O) groups is 2. The summed E-state index contributed by atoms with van der Waals surface area (Å²) in [6, 6.07) is 8.36. The van der Waals surface area contributed by atoms with E-state index < -0.39 is 5.60 Å². The summed E-state index contributed by atoms with van der Waals surface area (Å²) >= 11 is 0. The topological polar surface area (TPSA) is 58.6 Å². The summed E-state index contributed by atoms with van der Waals surface area (Å²) in [4.78, 5) is 26.5. The molecule has 5 nitrogen and oxygen atoms in total. The second-order valence-electron chi connectivity index (χ2n) is 9.27. The SMILES string of the molecule is CC(C)(C)OC(=O)N1CCC(Cc2cccc(C(=O)NC3CCCC3)c2)CC1. The molecule has 2 aliphatic rings. The van der Waals surface area contributed by atoms with Crippen molar-refractivity contribution in [1.29, 1.82) is 0 Å². The zero-order chi connectivity index (χ0) is 20.1. The molecule has 0 unspecified atom stereocenters. The van der Waals surface area contributed by atoms with Crippen LogP contribution >= 0.6 is 0 Å². The van der Waals surface area contributed by atoms with E-state index in [4.69, 9.17) is 4.74 Å². The molecule has 1 aliphatic heterocycles. The average Bonchev–Trinajstić information content (AvgIpc) is 3.14. The van der Waals surface area contributed by atoms with Gasteiger partial charge in [0.05, 0.1) is 0 Å². The molecule has 1 heterocycles. The van der Waals surface area contributed by atoms with E-state index in [-0.39, 0.29) is 12.0 Å². The largest absolute Gasteiger partial charge is 0.444 e. The normalized spacial score (nSPS) is 18.9. The minimum absolute atomic E-state index is 0.0495. The summed E-state index contributed by atoms with van der Waals surface area (Å²) < 4.78 is 5.47. The zero-order valence-corrected chi connectivity index (χ0v) is 17.5. The van der Waals surface area contributed by atoms with Gasteiger partial charge in [-0.2, -0.15) is 0 Å². The van der Waals surface area contributed by atoms with Gasteiger partial charge in [-0.3, -0.25) is 4.79 Å². The smallest absolute Gasteiger partial charge is 0.410 e. The highest BCUT2D eigenvalue weighted by atomic mass is 16.6. The van der Waals surface area contributed by atoms with E-state index in [9.17, 15) is 9.59 Å². The van der Waals surface area contributed by atoms with E-state index in [0.717, 1.165) is 50.8 Å². The fourth-order valence-corrected chi connectivity index (χ4v) is 4.16. The minimum atomic E-state index is -0.451. The van der Waals surface area contributed by atoms with Crippen molar-refractivity contribution in [3.8, 4) is 0 Å². The number of amides is 2. The van der Waals surface area contributed by atoms with E-state index in [0.29, 0.717) is 12.0 Å². The number of nitrogens with one attached hydrogen (secondary N) is 1. The van der Waals surface area contributed by atoms with Crippen molar-refractivity contribution >= 4 is 12.0 Å². The highest BCUT2D eigenvalue weighted by Crippen LogP contribution is 2.24. The monoisotopic (exact) mass is 386 g/mol. The van der Waals surface area contributed by atoms with Gasteiger partial charge in [0.25, 0.3) is 5.91 Å². The van der Waals surface area contributed by atoms with Crippen LogP contribution in [0.15, 0.2) is 24.3 Å². The fourth-order valence-electron chi connectivity index (χ4n) is 4.16. The van der Waals surface area contributed by atoms with Crippen molar-refractivity contribution in [3.63, 3.8) is 0 Å². The molecule has 1 N–H and O–H groups in total. The van der Waals surface area contributed by atoms with Crippen molar-refractivity contribution in [1.82, 2.24) is 10.2 Å². The lowest BCUT2D eigenvalue weighted by Crippen LogP contribution is -2.42. The molecular weight excluding hydrogens is 352 g/mol. The van der Waals surface area contributed by atoms with Gasteiger partial charge in [0.2, 0.25) is 0 Å². The van der Waals surface area contributed by atoms with Gasteiger partial charge in [-0.15, -0.1) is 0 Å². The lowest BCUT2D eigenvalue weighted by atomic mass is 9.90. The Bertz CT molecular complexity index is 681. The van der Waals surface area contributed by atoms with Crippen LogP contribution in [-0.2, 0) is 11.2 Å². The van der Waals surface area contributed by atoms with E-state index >= 15 is 0 Å². The Hall–Kier alpha value is -2.04. The Morgan fingerprint density at radius 2 is 1.79 bits per heavy atom. The van der Waals surface area contributed by atoms with Crippen molar-refractivity contribution in [2.75, 3.05) is 13.1 Å². The highest BCUT2D eigenvalue weighted by Gasteiger charge is 2.27. The van der Waals surface area contributed by atoms with Gasteiger partial charge in [0.1, 0.15) is 5.60 Å². The Morgan fingerprint density at radius 1 is 1.11 bits per heavy atom. The molecule has 2 fully saturated rings. The van der Waals surface area contributed by atoms with Crippen LogP contribution in [0.25, 0.3) is 0 Å². The first-order valence-corrected chi connectivity index (χ1v) is 10.7. The molecule has 5 heteroatoms. The van der Waals surface area contributed by atoms with Gasteiger partial charge in [-0.25, -0.2) is 4.79 Å². The Kier molecular flexibility index (Phi) is 6.63. The van der Waals surface area contributed by atoms with Crippen LogP contribution in [0, 0.1) is 5.92 Å². The molecule has 1 aromatic carbocycles. The van der Waals surface area contributed by atoms with Gasteiger partial charge in [-0.1, -0.05) is 25.0 Å². The van der Waals surface area contributed by atoms with Crippen LogP contribution in [0.4, 0.5) is 4.79 Å². The molecule has 0 bridgehead atoms. The van der Waals surface area contributed by atoms with Crippen LogP contribution in [-0.4, -0.2) is 41.6 Å². The molecule has 3 rings (SSSR count). The number of nitrogens with zero attached hydrogens (tertiary/aromatic N) is 1. The van der Waals surface area contributed by atoms with Crippen LogP contribution in [0.3, 0.4) is 0 Å². The molecule has 0 spiro atoms. The number of ether oxygens (including phenoxy) is 1. The van der Waals surface area contributed by atoms with E-state index in [1.54, 1.807) is 0 Å². The number of benzene rings is 1. The fraction of sp³-hybridized carbons (Fsp3) is 0.652. The summed E-state index contributed by atoms with van der Waals surface area (Å²) in [5.74, 6) is 0.584. The van der Waals surface area contributed by atoms with Crippen LogP contribution in [0.1, 0.15) is 75.2 Å². The summed E-state index contributed by atoms with van der Waals surface area (Å²) in [6.07, 6.45) is 7.31. The Labute approximate surface area is 168 Å². The number of hydrogen-bond acceptors (Lipinski definition) is 3. The molecule has 0 radical (unpaired) electrons. The average molecular weight is 387 g/mol. The van der Waals surface area contributed by atoms with Crippen molar-refractivity contribution in [3.05, 3.63) is 35.4 Å². The number of carbonyl (C=O) groups excluding carboxylic acids is 2. The van der Waals surface area contributed by atoms with Crippen molar-refractivity contribution in [2.45, 2.75) is 77.4 Å². The predicted octanol–water partition coefficient (Wildman–Crippen LogP) is 4.55. The standard InChI is InChI=1S/C23H34N2O3/c1-23(2,3)28-22(27)25-13-11-17(12-14-25)15-18-7-6-8-19(16-18)21(26)24-20-9-4-5-10-20/h6-8,16-17,20H,4-5,9-15H2,1-3H3,(H,24,26). The van der Waals surface area contributed by atoms with Gasteiger partial charge >= 0.3 is 6.09 Å². The molecule has 1 aromatic rings. The number of rotatable bonds is 4. The van der Waals surface area contributed by atoms with Crippen molar-refractivity contribution in [2.24, 2.45) is 5.92 Å². The summed E-state index contributed by atoms with van der Waals surface area (Å²) in [6.45, 7) is 7.16. The third-order valence-corrected chi connectivity index (χ3v) is 5.67. The lowest BCUT2D eigenvalue weighted by molar-refractivity contribution is 0.0184. The number of likely N-dealkylation sites (tertiary alicyclic amines) is 1. The molecule has 0 atom stereocenters. The summed E-state index contributed by atoms with van der Waals surface area (Å²) in [5.41, 5.74) is 1.51. The quantitative estimate of drug-likeness (QED) is 0.826. The first-order chi connectivity index (χ1) is 13.3.